The molecule has 0 aliphatic heterocycles. The van der Waals surface area contributed by atoms with Crippen molar-refractivity contribution in [2.75, 3.05) is 6.61 Å². The highest BCUT2D eigenvalue weighted by molar-refractivity contribution is 5.99. The van der Waals surface area contributed by atoms with Crippen LogP contribution >= 0.6 is 0 Å². The molecule has 0 aliphatic carbocycles. The third-order valence-electron chi connectivity index (χ3n) is 4.23. The number of carbonyl (C=O) groups excluding carboxylic acids is 2. The summed E-state index contributed by atoms with van der Waals surface area (Å²) in [7, 11) is 0. The standard InChI is InChI=1S/C19H20N4O5/c1-4-27-19(26)16-15-17(28-22-16)21-12(3)23(18(15)25)10-14(24)20-11(2)13-8-6-5-7-9-13/h5-9,11H,4,10H2,1-3H3,(H,20,24)/t11-/m1/s1. The Bertz CT molecular complexity index is 1070. The molecular weight excluding hydrogens is 364 g/mol. The Kier molecular flexibility index (Phi) is 5.53. The quantitative estimate of drug-likeness (QED) is 0.644. The van der Waals surface area contributed by atoms with E-state index in [1.165, 1.54) is 4.57 Å². The summed E-state index contributed by atoms with van der Waals surface area (Å²) in [6, 6.07) is 9.23. The van der Waals surface area contributed by atoms with Crippen LogP contribution in [0.15, 0.2) is 39.6 Å². The molecule has 3 rings (SSSR count). The van der Waals surface area contributed by atoms with E-state index in [0.717, 1.165) is 5.56 Å². The van der Waals surface area contributed by atoms with Gasteiger partial charge >= 0.3 is 5.97 Å². The van der Waals surface area contributed by atoms with E-state index in [1.807, 2.05) is 37.3 Å². The fraction of sp³-hybridized carbons (Fsp3) is 0.316. The molecule has 1 N–H and O–H groups in total. The van der Waals surface area contributed by atoms with E-state index in [0.29, 0.717) is 0 Å². The topological polar surface area (TPSA) is 116 Å². The van der Waals surface area contributed by atoms with Crippen molar-refractivity contribution in [2.24, 2.45) is 0 Å². The van der Waals surface area contributed by atoms with Gasteiger partial charge in [0.25, 0.3) is 11.3 Å². The molecule has 0 aliphatic rings. The Morgan fingerprint density at radius 1 is 1.29 bits per heavy atom. The number of hydrogen-bond donors (Lipinski definition) is 1. The van der Waals surface area contributed by atoms with E-state index < -0.39 is 11.5 Å². The summed E-state index contributed by atoms with van der Waals surface area (Å²) in [5.41, 5.74) is 0.0347. The number of aryl methyl sites for hydroxylation is 1. The highest BCUT2D eigenvalue weighted by Crippen LogP contribution is 2.15. The zero-order valence-electron chi connectivity index (χ0n) is 15.8. The van der Waals surface area contributed by atoms with Crippen molar-refractivity contribution >= 4 is 23.0 Å². The van der Waals surface area contributed by atoms with Gasteiger partial charge in [-0.3, -0.25) is 14.2 Å². The SMILES string of the molecule is CCOC(=O)c1noc2nc(C)n(CC(=O)N[C@H](C)c3ccccc3)c(=O)c12. The third kappa shape index (κ3) is 3.78. The number of ether oxygens (including phenoxy) is 1. The minimum absolute atomic E-state index is 0.0696. The minimum Gasteiger partial charge on any atom is -0.461 e. The van der Waals surface area contributed by atoms with Crippen molar-refractivity contribution in [3.8, 4) is 0 Å². The largest absolute Gasteiger partial charge is 0.461 e. The summed E-state index contributed by atoms with van der Waals surface area (Å²) in [4.78, 5) is 41.5. The van der Waals surface area contributed by atoms with Crippen LogP contribution in [0, 0.1) is 6.92 Å². The van der Waals surface area contributed by atoms with E-state index in [9.17, 15) is 14.4 Å². The van der Waals surface area contributed by atoms with Crippen molar-refractivity contribution in [3.05, 3.63) is 57.8 Å². The Balaban J connectivity index is 1.88. The number of benzene rings is 1. The van der Waals surface area contributed by atoms with Crippen LogP contribution in [0.25, 0.3) is 11.1 Å². The summed E-state index contributed by atoms with van der Waals surface area (Å²) >= 11 is 0. The zero-order chi connectivity index (χ0) is 20.3. The highest BCUT2D eigenvalue weighted by Gasteiger charge is 2.24. The number of rotatable bonds is 6. The van der Waals surface area contributed by atoms with Gasteiger partial charge in [0.1, 0.15) is 17.8 Å². The van der Waals surface area contributed by atoms with Gasteiger partial charge in [0.05, 0.1) is 12.6 Å². The van der Waals surface area contributed by atoms with Gasteiger partial charge in [-0.1, -0.05) is 35.5 Å². The van der Waals surface area contributed by atoms with Gasteiger partial charge in [0, 0.05) is 0 Å². The molecule has 0 saturated heterocycles. The maximum Gasteiger partial charge on any atom is 0.361 e. The zero-order valence-corrected chi connectivity index (χ0v) is 15.8. The number of nitrogens with one attached hydrogen (secondary N) is 1. The number of hydrogen-bond acceptors (Lipinski definition) is 7. The molecule has 28 heavy (non-hydrogen) atoms. The molecule has 1 amide bonds. The number of aromatic nitrogens is 3. The molecule has 2 aromatic heterocycles. The van der Waals surface area contributed by atoms with Crippen LogP contribution < -0.4 is 10.9 Å². The van der Waals surface area contributed by atoms with Crippen molar-refractivity contribution in [3.63, 3.8) is 0 Å². The lowest BCUT2D eigenvalue weighted by Crippen LogP contribution is -2.35. The smallest absolute Gasteiger partial charge is 0.361 e. The molecule has 0 saturated carbocycles. The molecule has 1 atom stereocenters. The van der Waals surface area contributed by atoms with E-state index in [1.54, 1.807) is 13.8 Å². The summed E-state index contributed by atoms with van der Waals surface area (Å²) in [5.74, 6) is -0.874. The maximum atomic E-state index is 12.9. The number of nitrogens with zero attached hydrogens (tertiary/aromatic N) is 3. The van der Waals surface area contributed by atoms with Gasteiger partial charge in [-0.25, -0.2) is 4.79 Å². The Labute approximate surface area is 160 Å². The number of esters is 1. The first kappa shape index (κ1) is 19.3. The van der Waals surface area contributed by atoms with Gasteiger partial charge in [-0.15, -0.1) is 0 Å². The van der Waals surface area contributed by atoms with E-state index in [2.05, 4.69) is 15.5 Å². The molecule has 146 valence electrons. The van der Waals surface area contributed by atoms with Crippen LogP contribution in [-0.2, 0) is 16.1 Å². The highest BCUT2D eigenvalue weighted by atomic mass is 16.5. The van der Waals surface area contributed by atoms with Crippen molar-refractivity contribution < 1.29 is 18.8 Å². The van der Waals surface area contributed by atoms with Crippen LogP contribution in [0.2, 0.25) is 0 Å². The fourth-order valence-electron chi connectivity index (χ4n) is 2.82. The Morgan fingerprint density at radius 3 is 2.68 bits per heavy atom. The fourth-order valence-corrected chi connectivity index (χ4v) is 2.82. The number of fused-ring (bicyclic) bond motifs is 1. The maximum absolute atomic E-state index is 12.9. The molecule has 0 fully saturated rings. The summed E-state index contributed by atoms with van der Waals surface area (Å²) < 4.78 is 11.0. The molecule has 0 spiro atoms. The second kappa shape index (κ2) is 8.03. The summed E-state index contributed by atoms with van der Waals surface area (Å²) in [6.45, 7) is 4.93. The molecule has 3 aromatic rings. The van der Waals surface area contributed by atoms with Gasteiger partial charge in [0.2, 0.25) is 11.6 Å². The summed E-state index contributed by atoms with van der Waals surface area (Å²) in [5, 5.41) is 6.34. The normalized spacial score (nSPS) is 12.0. The minimum atomic E-state index is -0.780. The van der Waals surface area contributed by atoms with Crippen LogP contribution in [0.4, 0.5) is 0 Å². The first-order valence-corrected chi connectivity index (χ1v) is 8.80. The predicted molar refractivity (Wildman–Crippen MR) is 99.8 cm³/mol. The van der Waals surface area contributed by atoms with Crippen LogP contribution in [0.3, 0.4) is 0 Å². The molecule has 0 bridgehead atoms. The molecule has 2 heterocycles. The molecule has 0 radical (unpaired) electrons. The first-order valence-electron chi connectivity index (χ1n) is 8.80. The van der Waals surface area contributed by atoms with Crippen molar-refractivity contribution in [1.82, 2.24) is 20.0 Å². The molecular formula is C19H20N4O5. The van der Waals surface area contributed by atoms with Gasteiger partial charge in [-0.05, 0) is 26.3 Å². The van der Waals surface area contributed by atoms with Crippen LogP contribution in [0.1, 0.15) is 41.8 Å². The molecule has 0 unspecified atom stereocenters. The van der Waals surface area contributed by atoms with E-state index >= 15 is 0 Å². The second-order valence-corrected chi connectivity index (χ2v) is 6.18. The van der Waals surface area contributed by atoms with Gasteiger partial charge < -0.3 is 14.6 Å². The lowest BCUT2D eigenvalue weighted by Gasteiger charge is -2.15. The lowest BCUT2D eigenvalue weighted by atomic mass is 10.1. The van der Waals surface area contributed by atoms with Gasteiger partial charge in [0.15, 0.2) is 0 Å². The van der Waals surface area contributed by atoms with E-state index in [-0.39, 0.29) is 47.7 Å². The van der Waals surface area contributed by atoms with Crippen LogP contribution in [0.5, 0.6) is 0 Å². The van der Waals surface area contributed by atoms with E-state index in [4.69, 9.17) is 9.26 Å². The Morgan fingerprint density at radius 2 is 2.00 bits per heavy atom. The second-order valence-electron chi connectivity index (χ2n) is 6.18. The average molecular weight is 384 g/mol. The monoisotopic (exact) mass is 384 g/mol. The molecule has 9 nitrogen and oxygen atoms in total. The molecule has 9 heteroatoms. The van der Waals surface area contributed by atoms with Crippen molar-refractivity contribution in [1.29, 1.82) is 0 Å². The average Bonchev–Trinajstić information content (AvgIpc) is 3.10. The summed E-state index contributed by atoms with van der Waals surface area (Å²) in [6.07, 6.45) is 0. The molecule has 1 aromatic carbocycles. The Hall–Kier alpha value is -3.49. The number of amides is 1. The van der Waals surface area contributed by atoms with Crippen LogP contribution in [-0.4, -0.2) is 33.2 Å². The third-order valence-corrected chi connectivity index (χ3v) is 4.23. The van der Waals surface area contributed by atoms with Gasteiger partial charge in [-0.2, -0.15) is 4.98 Å². The van der Waals surface area contributed by atoms with Crippen molar-refractivity contribution in [2.45, 2.75) is 33.4 Å². The predicted octanol–water partition coefficient (Wildman–Crippen LogP) is 1.75. The number of carbonyl (C=O) groups is 2. The first-order chi connectivity index (χ1) is 13.4. The lowest BCUT2D eigenvalue weighted by molar-refractivity contribution is -0.122.